The minimum Gasteiger partial charge on any atom is -0.378 e. The van der Waals surface area contributed by atoms with Crippen LogP contribution in [0.4, 0.5) is 11.4 Å². The second-order valence-electron chi connectivity index (χ2n) is 5.80. The molecule has 1 fully saturated rings. The van der Waals surface area contributed by atoms with Crippen molar-refractivity contribution >= 4 is 35.6 Å². The summed E-state index contributed by atoms with van der Waals surface area (Å²) in [4.78, 5) is 24.5. The Morgan fingerprint density at radius 1 is 1.31 bits per heavy atom. The van der Waals surface area contributed by atoms with Crippen molar-refractivity contribution in [2.24, 2.45) is 0 Å². The van der Waals surface area contributed by atoms with Crippen LogP contribution in [0.2, 0.25) is 0 Å². The van der Waals surface area contributed by atoms with Crippen LogP contribution in [-0.2, 0) is 14.3 Å². The Labute approximate surface area is 157 Å². The minimum absolute atomic E-state index is 0. The molecule has 0 spiro atoms. The quantitative estimate of drug-likeness (QED) is 0.730. The monoisotopic (exact) mass is 379 g/mol. The molecule has 2 atom stereocenters. The molecule has 0 aliphatic carbocycles. The second-order valence-corrected chi connectivity index (χ2v) is 5.80. The van der Waals surface area contributed by atoms with Crippen LogP contribution in [0.1, 0.15) is 13.0 Å². The maximum absolute atomic E-state index is 12.3. The van der Waals surface area contributed by atoms with E-state index in [0.717, 1.165) is 0 Å². The normalized spacial score (nSPS) is 17.7. The number of carbonyl (C=O) groups excluding carboxylic acids is 2. The Kier molecular flexibility index (Phi) is 7.14. The topological polar surface area (TPSA) is 97.3 Å². The number of nitrogens with one attached hydrogen (secondary N) is 3. The molecule has 0 saturated carbocycles. The summed E-state index contributed by atoms with van der Waals surface area (Å²) in [6.07, 6.45) is 3.36. The highest BCUT2D eigenvalue weighted by Crippen LogP contribution is 2.17. The molecule has 3 N–H and O–H groups in total. The van der Waals surface area contributed by atoms with Crippen LogP contribution >= 0.6 is 12.4 Å². The van der Waals surface area contributed by atoms with Crippen LogP contribution in [0.3, 0.4) is 0 Å². The average molecular weight is 380 g/mol. The lowest BCUT2D eigenvalue weighted by atomic mass is 10.2. The van der Waals surface area contributed by atoms with E-state index in [9.17, 15) is 9.59 Å². The van der Waals surface area contributed by atoms with E-state index in [1.807, 2.05) is 0 Å². The van der Waals surface area contributed by atoms with E-state index in [1.54, 1.807) is 54.3 Å². The molecule has 1 saturated heterocycles. The fourth-order valence-corrected chi connectivity index (χ4v) is 2.51. The number of benzene rings is 1. The van der Waals surface area contributed by atoms with E-state index < -0.39 is 6.04 Å². The van der Waals surface area contributed by atoms with Crippen LogP contribution < -0.4 is 16.0 Å². The van der Waals surface area contributed by atoms with Crippen molar-refractivity contribution in [3.63, 3.8) is 0 Å². The molecule has 1 aromatic heterocycles. The predicted molar refractivity (Wildman–Crippen MR) is 100 cm³/mol. The van der Waals surface area contributed by atoms with Crippen LogP contribution in [0.25, 0.3) is 0 Å². The summed E-state index contributed by atoms with van der Waals surface area (Å²) in [6, 6.07) is 8.00. The van der Waals surface area contributed by atoms with Gasteiger partial charge in [-0.25, -0.2) is 0 Å². The zero-order chi connectivity index (χ0) is 17.6. The van der Waals surface area contributed by atoms with Gasteiger partial charge >= 0.3 is 0 Å². The molecule has 1 aromatic carbocycles. The van der Waals surface area contributed by atoms with Crippen molar-refractivity contribution in [2.45, 2.75) is 19.0 Å². The smallest absolute Gasteiger partial charge is 0.248 e. The SMILES string of the molecule is CC(C(=O)Nc1cccc(NC(=O)C2COCCN2)c1)n1cccn1.Cl. The summed E-state index contributed by atoms with van der Waals surface area (Å²) in [5.41, 5.74) is 1.22. The number of morpholine rings is 1. The molecule has 1 aliphatic heterocycles. The van der Waals surface area contributed by atoms with E-state index in [1.165, 1.54) is 0 Å². The van der Waals surface area contributed by atoms with Crippen molar-refractivity contribution in [2.75, 3.05) is 30.4 Å². The van der Waals surface area contributed by atoms with Crippen LogP contribution in [-0.4, -0.2) is 47.4 Å². The van der Waals surface area contributed by atoms with E-state index in [-0.39, 0.29) is 30.3 Å². The number of hydrogen-bond acceptors (Lipinski definition) is 5. The summed E-state index contributed by atoms with van der Waals surface area (Å²) in [5, 5.41) is 12.8. The number of amides is 2. The highest BCUT2D eigenvalue weighted by atomic mass is 35.5. The Hall–Kier alpha value is -2.42. The van der Waals surface area contributed by atoms with Crippen LogP contribution in [0.5, 0.6) is 0 Å². The second kappa shape index (κ2) is 9.33. The van der Waals surface area contributed by atoms with Gasteiger partial charge in [0.25, 0.3) is 0 Å². The molecule has 2 heterocycles. The minimum atomic E-state index is -0.433. The van der Waals surface area contributed by atoms with Crippen LogP contribution in [0.15, 0.2) is 42.7 Å². The van der Waals surface area contributed by atoms with Gasteiger partial charge in [0.2, 0.25) is 11.8 Å². The summed E-state index contributed by atoms with van der Waals surface area (Å²) in [5.74, 6) is -0.345. The van der Waals surface area contributed by atoms with Gasteiger partial charge in [-0.2, -0.15) is 5.10 Å². The molecule has 2 aromatic rings. The Morgan fingerprint density at radius 3 is 2.73 bits per heavy atom. The molecule has 3 rings (SSSR count). The zero-order valence-electron chi connectivity index (χ0n) is 14.3. The van der Waals surface area contributed by atoms with Crippen molar-refractivity contribution < 1.29 is 14.3 Å². The van der Waals surface area contributed by atoms with Crippen LogP contribution in [0, 0.1) is 0 Å². The summed E-state index contributed by atoms with van der Waals surface area (Å²) in [7, 11) is 0. The molecule has 26 heavy (non-hydrogen) atoms. The highest BCUT2D eigenvalue weighted by Gasteiger charge is 2.21. The fraction of sp³-hybridized carbons (Fsp3) is 0.353. The number of hydrogen-bond donors (Lipinski definition) is 3. The number of ether oxygens (including phenoxy) is 1. The first-order valence-corrected chi connectivity index (χ1v) is 8.15. The first-order chi connectivity index (χ1) is 12.1. The molecule has 0 bridgehead atoms. The fourth-order valence-electron chi connectivity index (χ4n) is 2.51. The molecule has 9 heteroatoms. The number of nitrogens with zero attached hydrogens (tertiary/aromatic N) is 2. The number of anilines is 2. The third kappa shape index (κ3) is 5.04. The van der Waals surface area contributed by atoms with Gasteiger partial charge in [-0.3, -0.25) is 14.3 Å². The molecule has 2 amide bonds. The molecule has 8 nitrogen and oxygen atoms in total. The van der Waals surface area contributed by atoms with E-state index in [2.05, 4.69) is 21.0 Å². The van der Waals surface area contributed by atoms with Crippen molar-refractivity contribution in [3.8, 4) is 0 Å². The Morgan fingerprint density at radius 2 is 2.08 bits per heavy atom. The maximum atomic E-state index is 12.3. The lowest BCUT2D eigenvalue weighted by Crippen LogP contribution is -2.48. The maximum Gasteiger partial charge on any atom is 0.248 e. The summed E-state index contributed by atoms with van der Waals surface area (Å²) in [6.45, 7) is 3.38. The van der Waals surface area contributed by atoms with Gasteiger partial charge in [-0.15, -0.1) is 12.4 Å². The Balaban J connectivity index is 0.00000243. The van der Waals surface area contributed by atoms with E-state index >= 15 is 0 Å². The molecule has 2 unspecified atom stereocenters. The Bertz CT molecular complexity index is 732. The van der Waals surface area contributed by atoms with Crippen molar-refractivity contribution in [3.05, 3.63) is 42.7 Å². The van der Waals surface area contributed by atoms with Gasteiger partial charge in [-0.05, 0) is 31.2 Å². The number of carbonyl (C=O) groups is 2. The van der Waals surface area contributed by atoms with Crippen molar-refractivity contribution in [1.29, 1.82) is 0 Å². The standard InChI is InChI=1S/C17H21N5O3.ClH/c1-12(22-8-3-6-19-22)16(23)20-13-4-2-5-14(10-13)21-17(24)15-11-25-9-7-18-15;/h2-6,8,10,12,15,18H,7,9,11H2,1H3,(H,20,23)(H,21,24);1H. The summed E-state index contributed by atoms with van der Waals surface area (Å²) >= 11 is 0. The molecule has 1 aliphatic rings. The van der Waals surface area contributed by atoms with Gasteiger partial charge in [0.1, 0.15) is 12.1 Å². The lowest BCUT2D eigenvalue weighted by Gasteiger charge is -2.23. The van der Waals surface area contributed by atoms with Gasteiger partial charge in [0, 0.05) is 30.3 Å². The van der Waals surface area contributed by atoms with Crippen molar-refractivity contribution in [1.82, 2.24) is 15.1 Å². The molecule has 140 valence electrons. The van der Waals surface area contributed by atoms with Gasteiger partial charge in [0.15, 0.2) is 0 Å². The molecule has 0 radical (unpaired) electrons. The molecular formula is C17H22ClN5O3. The number of aromatic nitrogens is 2. The third-order valence-corrected chi connectivity index (χ3v) is 3.94. The van der Waals surface area contributed by atoms with Gasteiger partial charge in [-0.1, -0.05) is 6.07 Å². The average Bonchev–Trinajstić information content (AvgIpc) is 3.16. The highest BCUT2D eigenvalue weighted by molar-refractivity contribution is 5.97. The number of halogens is 1. The summed E-state index contributed by atoms with van der Waals surface area (Å²) < 4.78 is 6.87. The van der Waals surface area contributed by atoms with Gasteiger partial charge < -0.3 is 20.7 Å². The first-order valence-electron chi connectivity index (χ1n) is 8.15. The lowest BCUT2D eigenvalue weighted by molar-refractivity contribution is -0.121. The predicted octanol–water partition coefficient (Wildman–Crippen LogP) is 1.43. The van der Waals surface area contributed by atoms with E-state index in [0.29, 0.717) is 31.1 Å². The first kappa shape index (κ1) is 19.9. The molecular weight excluding hydrogens is 358 g/mol. The third-order valence-electron chi connectivity index (χ3n) is 3.94. The largest absolute Gasteiger partial charge is 0.378 e. The van der Waals surface area contributed by atoms with Gasteiger partial charge in [0.05, 0.1) is 13.2 Å². The number of rotatable bonds is 5. The van der Waals surface area contributed by atoms with E-state index in [4.69, 9.17) is 4.74 Å². The zero-order valence-corrected chi connectivity index (χ0v) is 15.2.